The first kappa shape index (κ1) is 13.1. The lowest BCUT2D eigenvalue weighted by molar-refractivity contribution is -0.146. The lowest BCUT2D eigenvalue weighted by Crippen LogP contribution is -2.54. The molecular formula is C15H21NO2. The van der Waals surface area contributed by atoms with Crippen molar-refractivity contribution in [1.29, 1.82) is 0 Å². The normalized spacial score (nSPS) is 27.0. The van der Waals surface area contributed by atoms with E-state index in [2.05, 4.69) is 18.3 Å². The molecule has 0 aromatic heterocycles. The van der Waals surface area contributed by atoms with Gasteiger partial charge in [-0.15, -0.1) is 0 Å². The van der Waals surface area contributed by atoms with Gasteiger partial charge in [-0.25, -0.2) is 4.79 Å². The molecule has 1 aliphatic rings. The maximum absolute atomic E-state index is 11.8. The Morgan fingerprint density at radius 3 is 2.72 bits per heavy atom. The van der Waals surface area contributed by atoms with Gasteiger partial charge in [-0.2, -0.15) is 0 Å². The number of carboxylic acid groups (broad SMARTS) is 1. The van der Waals surface area contributed by atoms with Crippen molar-refractivity contribution in [2.24, 2.45) is 0 Å². The van der Waals surface area contributed by atoms with Crippen LogP contribution in [0.15, 0.2) is 24.3 Å². The van der Waals surface area contributed by atoms with Crippen LogP contribution in [0.25, 0.3) is 0 Å². The minimum absolute atomic E-state index is 0.141. The summed E-state index contributed by atoms with van der Waals surface area (Å²) in [7, 11) is 0. The SMILES string of the molecule is CC(C)NC1(C(=O)O)CCC(C)c2ccccc21. The van der Waals surface area contributed by atoms with E-state index in [4.69, 9.17) is 0 Å². The number of nitrogens with one attached hydrogen (secondary N) is 1. The molecule has 98 valence electrons. The van der Waals surface area contributed by atoms with Crippen LogP contribution in [0.5, 0.6) is 0 Å². The number of fused-ring (bicyclic) bond motifs is 1. The minimum Gasteiger partial charge on any atom is -0.480 e. The average Bonchev–Trinajstić information content (AvgIpc) is 2.32. The molecule has 0 saturated carbocycles. The van der Waals surface area contributed by atoms with E-state index in [0.717, 1.165) is 12.0 Å². The van der Waals surface area contributed by atoms with Crippen LogP contribution in [0.2, 0.25) is 0 Å². The zero-order chi connectivity index (χ0) is 13.3. The van der Waals surface area contributed by atoms with Gasteiger partial charge in [-0.3, -0.25) is 5.32 Å². The number of rotatable bonds is 3. The van der Waals surface area contributed by atoms with Gasteiger partial charge in [0.25, 0.3) is 0 Å². The highest BCUT2D eigenvalue weighted by molar-refractivity contribution is 5.82. The summed E-state index contributed by atoms with van der Waals surface area (Å²) in [5.41, 5.74) is 1.18. The second kappa shape index (κ2) is 4.73. The zero-order valence-corrected chi connectivity index (χ0v) is 11.2. The molecule has 2 unspecified atom stereocenters. The van der Waals surface area contributed by atoms with Gasteiger partial charge in [-0.05, 0) is 43.7 Å². The van der Waals surface area contributed by atoms with Gasteiger partial charge >= 0.3 is 5.97 Å². The van der Waals surface area contributed by atoms with Crippen molar-refractivity contribution in [3.05, 3.63) is 35.4 Å². The van der Waals surface area contributed by atoms with Gasteiger partial charge in [-0.1, -0.05) is 31.2 Å². The molecule has 0 saturated heterocycles. The molecule has 18 heavy (non-hydrogen) atoms. The summed E-state index contributed by atoms with van der Waals surface area (Å²) in [6.07, 6.45) is 1.56. The number of carbonyl (C=O) groups is 1. The average molecular weight is 247 g/mol. The van der Waals surface area contributed by atoms with Crippen LogP contribution < -0.4 is 5.32 Å². The van der Waals surface area contributed by atoms with E-state index in [1.165, 1.54) is 5.56 Å². The smallest absolute Gasteiger partial charge is 0.328 e. The highest BCUT2D eigenvalue weighted by atomic mass is 16.4. The molecule has 1 aromatic carbocycles. The van der Waals surface area contributed by atoms with Crippen LogP contribution in [0.4, 0.5) is 0 Å². The third-order valence-electron chi connectivity index (χ3n) is 3.80. The molecule has 3 nitrogen and oxygen atoms in total. The highest BCUT2D eigenvalue weighted by Gasteiger charge is 2.45. The predicted octanol–water partition coefficient (Wildman–Crippen LogP) is 2.86. The first-order valence-corrected chi connectivity index (χ1v) is 6.58. The van der Waals surface area contributed by atoms with Gasteiger partial charge in [0.2, 0.25) is 0 Å². The maximum Gasteiger partial charge on any atom is 0.328 e. The van der Waals surface area contributed by atoms with Crippen LogP contribution in [0, 0.1) is 0 Å². The third-order valence-corrected chi connectivity index (χ3v) is 3.80. The monoisotopic (exact) mass is 247 g/mol. The van der Waals surface area contributed by atoms with Crippen molar-refractivity contribution < 1.29 is 9.90 Å². The Bertz CT molecular complexity index is 456. The first-order chi connectivity index (χ1) is 8.47. The van der Waals surface area contributed by atoms with Crippen LogP contribution >= 0.6 is 0 Å². The molecule has 0 bridgehead atoms. The fraction of sp³-hybridized carbons (Fsp3) is 0.533. The topological polar surface area (TPSA) is 49.3 Å². The van der Waals surface area contributed by atoms with Crippen molar-refractivity contribution in [3.63, 3.8) is 0 Å². The fourth-order valence-corrected chi connectivity index (χ4v) is 2.97. The Morgan fingerprint density at radius 1 is 1.44 bits per heavy atom. The summed E-state index contributed by atoms with van der Waals surface area (Å²) in [5, 5.41) is 13.0. The van der Waals surface area contributed by atoms with E-state index < -0.39 is 11.5 Å². The molecule has 1 aliphatic carbocycles. The number of benzene rings is 1. The van der Waals surface area contributed by atoms with Crippen LogP contribution in [-0.2, 0) is 10.3 Å². The lowest BCUT2D eigenvalue weighted by Gasteiger charge is -2.40. The summed E-state index contributed by atoms with van der Waals surface area (Å²) < 4.78 is 0. The zero-order valence-electron chi connectivity index (χ0n) is 11.2. The maximum atomic E-state index is 11.8. The van der Waals surface area contributed by atoms with E-state index >= 15 is 0 Å². The van der Waals surface area contributed by atoms with E-state index in [-0.39, 0.29) is 6.04 Å². The number of aliphatic carboxylic acids is 1. The van der Waals surface area contributed by atoms with Gasteiger partial charge < -0.3 is 5.11 Å². The molecule has 2 rings (SSSR count). The largest absolute Gasteiger partial charge is 0.480 e. The molecule has 3 heteroatoms. The van der Waals surface area contributed by atoms with Gasteiger partial charge in [0.1, 0.15) is 5.54 Å². The van der Waals surface area contributed by atoms with E-state index in [1.807, 2.05) is 32.0 Å². The number of carboxylic acids is 1. The molecule has 0 spiro atoms. The molecule has 1 aromatic rings. The molecular weight excluding hydrogens is 226 g/mol. The van der Waals surface area contributed by atoms with Gasteiger partial charge in [0.15, 0.2) is 0 Å². The molecule has 0 heterocycles. The highest BCUT2D eigenvalue weighted by Crippen LogP contribution is 2.41. The standard InChI is InChI=1S/C15H21NO2/c1-10(2)16-15(14(17)18)9-8-11(3)12-6-4-5-7-13(12)15/h4-7,10-11,16H,8-9H2,1-3H3,(H,17,18). The van der Waals surface area contributed by atoms with Crippen molar-refractivity contribution >= 4 is 5.97 Å². The number of hydrogen-bond donors (Lipinski definition) is 2. The summed E-state index contributed by atoms with van der Waals surface area (Å²) in [6.45, 7) is 6.15. The van der Waals surface area contributed by atoms with Gasteiger partial charge in [0, 0.05) is 6.04 Å². The Labute approximate surface area is 108 Å². The molecule has 0 fully saturated rings. The predicted molar refractivity (Wildman–Crippen MR) is 71.7 cm³/mol. The van der Waals surface area contributed by atoms with E-state index in [9.17, 15) is 9.90 Å². The minimum atomic E-state index is -0.919. The van der Waals surface area contributed by atoms with Gasteiger partial charge in [0.05, 0.1) is 0 Å². The Kier molecular flexibility index (Phi) is 3.44. The molecule has 2 N–H and O–H groups in total. The fourth-order valence-electron chi connectivity index (χ4n) is 2.97. The van der Waals surface area contributed by atoms with E-state index in [1.54, 1.807) is 0 Å². The summed E-state index contributed by atoms with van der Waals surface area (Å²) in [4.78, 5) is 11.8. The molecule has 0 radical (unpaired) electrons. The summed E-state index contributed by atoms with van der Waals surface area (Å²) in [6, 6.07) is 8.06. The quantitative estimate of drug-likeness (QED) is 0.863. The van der Waals surface area contributed by atoms with Crippen molar-refractivity contribution in [3.8, 4) is 0 Å². The molecule has 2 atom stereocenters. The Morgan fingerprint density at radius 2 is 2.11 bits per heavy atom. The van der Waals surface area contributed by atoms with Crippen LogP contribution in [0.3, 0.4) is 0 Å². The van der Waals surface area contributed by atoms with Crippen molar-refractivity contribution in [1.82, 2.24) is 5.32 Å². The molecule has 0 aliphatic heterocycles. The van der Waals surface area contributed by atoms with Crippen LogP contribution in [0.1, 0.15) is 50.7 Å². The number of hydrogen-bond acceptors (Lipinski definition) is 2. The lowest BCUT2D eigenvalue weighted by atomic mass is 9.72. The third kappa shape index (κ3) is 2.03. The first-order valence-electron chi connectivity index (χ1n) is 6.58. The Balaban J connectivity index is 2.55. The molecule has 0 amide bonds. The Hall–Kier alpha value is -1.35. The summed E-state index contributed by atoms with van der Waals surface area (Å²) >= 11 is 0. The second-order valence-electron chi connectivity index (χ2n) is 5.54. The van der Waals surface area contributed by atoms with Crippen molar-refractivity contribution in [2.45, 2.75) is 51.1 Å². The van der Waals surface area contributed by atoms with E-state index in [0.29, 0.717) is 12.3 Å². The van der Waals surface area contributed by atoms with Crippen molar-refractivity contribution in [2.75, 3.05) is 0 Å². The van der Waals surface area contributed by atoms with Crippen LogP contribution in [-0.4, -0.2) is 17.1 Å². The second-order valence-corrected chi connectivity index (χ2v) is 5.54. The summed E-state index contributed by atoms with van der Waals surface area (Å²) in [5.74, 6) is -0.335.